The van der Waals surface area contributed by atoms with Crippen LogP contribution in [0.3, 0.4) is 0 Å². The van der Waals surface area contributed by atoms with Crippen LogP contribution in [0.1, 0.15) is 34.7 Å². The van der Waals surface area contributed by atoms with Crippen LogP contribution in [0.2, 0.25) is 0 Å². The Kier molecular flexibility index (Phi) is 12.7. The van der Waals surface area contributed by atoms with Crippen molar-refractivity contribution < 1.29 is 50.9 Å². The molecule has 56 heavy (non-hydrogen) atoms. The summed E-state index contributed by atoms with van der Waals surface area (Å²) in [6, 6.07) is 15.1. The summed E-state index contributed by atoms with van der Waals surface area (Å²) in [6.07, 6.45) is -4.64. The monoisotopic (exact) mass is 788 g/mol. The Hall–Kier alpha value is -4.97. The molecule has 2 amide bonds. The van der Waals surface area contributed by atoms with E-state index in [1.165, 1.54) is 12.1 Å². The summed E-state index contributed by atoms with van der Waals surface area (Å²) in [6.45, 7) is -0.811. The SMILES string of the molecule is O=C(N[C@H]1c2ccccc2OCC1O)[C@H](Cc1cccnc1)C[C@H](O)CN1CCN(Cc2ccn(-c3ccc(C(F)(F)F)cc3)c2)C[C@H]1C(=O)NCC(F)(F)F. The van der Waals surface area contributed by atoms with Crippen LogP contribution in [-0.4, -0.2) is 105 Å². The van der Waals surface area contributed by atoms with E-state index in [-0.39, 0.29) is 39.1 Å². The fourth-order valence-electron chi connectivity index (χ4n) is 7.12. The molecule has 1 saturated heterocycles. The van der Waals surface area contributed by atoms with Gasteiger partial charge in [0.25, 0.3) is 0 Å². The van der Waals surface area contributed by atoms with Crippen LogP contribution in [0.4, 0.5) is 26.3 Å². The Morgan fingerprint density at radius 1 is 0.964 bits per heavy atom. The molecule has 2 aromatic carbocycles. The van der Waals surface area contributed by atoms with E-state index in [1.54, 1.807) is 76.7 Å². The number of nitrogens with one attached hydrogen (secondary N) is 2. The van der Waals surface area contributed by atoms with E-state index in [0.717, 1.165) is 23.3 Å². The summed E-state index contributed by atoms with van der Waals surface area (Å²) >= 11 is 0. The normalized spacial score (nSPS) is 20.4. The van der Waals surface area contributed by atoms with Gasteiger partial charge in [0.15, 0.2) is 0 Å². The molecular formula is C39H42F6N6O5. The molecule has 2 aliphatic rings. The molecule has 300 valence electrons. The van der Waals surface area contributed by atoms with Crippen molar-refractivity contribution in [3.05, 3.63) is 114 Å². The van der Waals surface area contributed by atoms with E-state index in [9.17, 15) is 46.1 Å². The number of aliphatic hydroxyl groups is 2. The fourth-order valence-corrected chi connectivity index (χ4v) is 7.12. The van der Waals surface area contributed by atoms with Gasteiger partial charge >= 0.3 is 12.4 Å². The van der Waals surface area contributed by atoms with Crippen molar-refractivity contribution in [2.75, 3.05) is 39.3 Å². The third kappa shape index (κ3) is 10.7. The maximum atomic E-state index is 13.9. The molecule has 11 nitrogen and oxygen atoms in total. The highest BCUT2D eigenvalue weighted by Gasteiger charge is 2.38. The molecule has 0 bridgehead atoms. The highest BCUT2D eigenvalue weighted by molar-refractivity contribution is 5.82. The molecule has 4 heterocycles. The molecule has 4 aromatic rings. The van der Waals surface area contributed by atoms with Gasteiger partial charge in [0.2, 0.25) is 11.8 Å². The number of aromatic nitrogens is 2. The van der Waals surface area contributed by atoms with Crippen LogP contribution in [-0.2, 0) is 28.7 Å². The lowest BCUT2D eigenvalue weighted by molar-refractivity contribution is -0.143. The zero-order chi connectivity index (χ0) is 40.0. The van der Waals surface area contributed by atoms with Crippen LogP contribution in [0.5, 0.6) is 5.75 Å². The Labute approximate surface area is 318 Å². The number of ether oxygens (including phenoxy) is 1. The number of para-hydroxylation sites is 1. The average Bonchev–Trinajstić information content (AvgIpc) is 3.63. The number of amides is 2. The van der Waals surface area contributed by atoms with Gasteiger partial charge in [0.05, 0.1) is 17.7 Å². The van der Waals surface area contributed by atoms with Crippen molar-refractivity contribution in [2.24, 2.45) is 5.92 Å². The number of β-amino-alcohol motifs (C(OH)–C–C–N with tert-alkyl or cyclic N) is 1. The molecule has 0 spiro atoms. The minimum absolute atomic E-state index is 0.0164. The first kappa shape index (κ1) is 40.7. The molecule has 17 heteroatoms. The molecule has 1 fully saturated rings. The first-order valence-electron chi connectivity index (χ1n) is 18.1. The smallest absolute Gasteiger partial charge is 0.416 e. The number of carbonyl (C=O) groups excluding carboxylic acids is 2. The van der Waals surface area contributed by atoms with Crippen LogP contribution >= 0.6 is 0 Å². The standard InChI is InChI=1S/C39H42F6N6O5/c40-38(41,42)24-47-37(55)32-22-49(19-26-11-13-50(20-26)29-9-7-28(8-10-29)39(43,44)45)14-15-51(32)21-30(52)17-27(16-25-4-3-12-46-18-25)36(54)48-35-31-5-1-2-6-34(31)56-23-33(35)53/h1-13,18,20,27,30,32-33,35,52-53H,14-17,19,21-24H2,(H,47,55)(H,48,54)/t27-,30+,32+,33?,35+/m1/s1. The lowest BCUT2D eigenvalue weighted by Crippen LogP contribution is -2.60. The summed E-state index contributed by atoms with van der Waals surface area (Å²) < 4.78 is 85.8. The zero-order valence-electron chi connectivity index (χ0n) is 30.1. The van der Waals surface area contributed by atoms with Crippen molar-refractivity contribution in [2.45, 2.75) is 56.0 Å². The highest BCUT2D eigenvalue weighted by atomic mass is 19.4. The van der Waals surface area contributed by atoms with Crippen LogP contribution in [0.15, 0.2) is 91.5 Å². The second kappa shape index (κ2) is 17.4. The second-order valence-electron chi connectivity index (χ2n) is 14.1. The first-order chi connectivity index (χ1) is 26.6. The number of hydrogen-bond donors (Lipinski definition) is 4. The molecule has 2 aromatic heterocycles. The number of rotatable bonds is 13. The molecule has 0 radical (unpaired) electrons. The van der Waals surface area contributed by atoms with Crippen LogP contribution < -0.4 is 15.4 Å². The van der Waals surface area contributed by atoms with E-state index >= 15 is 0 Å². The number of aliphatic hydroxyl groups excluding tert-OH is 2. The Morgan fingerprint density at radius 2 is 1.73 bits per heavy atom. The van der Waals surface area contributed by atoms with Crippen molar-refractivity contribution in [1.82, 2.24) is 30.0 Å². The van der Waals surface area contributed by atoms with E-state index in [1.807, 2.05) is 10.2 Å². The van der Waals surface area contributed by atoms with E-state index in [2.05, 4.69) is 10.3 Å². The number of benzene rings is 2. The van der Waals surface area contributed by atoms with Gasteiger partial charge in [-0.15, -0.1) is 0 Å². The van der Waals surface area contributed by atoms with Gasteiger partial charge in [0.1, 0.15) is 31.0 Å². The molecule has 4 N–H and O–H groups in total. The van der Waals surface area contributed by atoms with E-state index < -0.39 is 66.5 Å². The van der Waals surface area contributed by atoms with Gasteiger partial charge in [0, 0.05) is 74.7 Å². The third-order valence-electron chi connectivity index (χ3n) is 9.92. The number of alkyl halides is 6. The Morgan fingerprint density at radius 3 is 2.45 bits per heavy atom. The van der Waals surface area contributed by atoms with Crippen molar-refractivity contribution in [3.63, 3.8) is 0 Å². The second-order valence-corrected chi connectivity index (χ2v) is 14.1. The highest BCUT2D eigenvalue weighted by Crippen LogP contribution is 2.33. The molecule has 1 unspecified atom stereocenters. The van der Waals surface area contributed by atoms with Gasteiger partial charge in [-0.25, -0.2) is 0 Å². The Bertz CT molecular complexity index is 1930. The number of nitrogens with zero attached hydrogens (tertiary/aromatic N) is 4. The summed E-state index contributed by atoms with van der Waals surface area (Å²) in [7, 11) is 0. The van der Waals surface area contributed by atoms with Crippen molar-refractivity contribution >= 4 is 11.8 Å². The van der Waals surface area contributed by atoms with Crippen molar-refractivity contribution in [3.8, 4) is 11.4 Å². The molecule has 2 aliphatic heterocycles. The fraction of sp³-hybridized carbons (Fsp3) is 0.410. The quantitative estimate of drug-likeness (QED) is 0.148. The van der Waals surface area contributed by atoms with Gasteiger partial charge in [-0.05, 0) is 66.4 Å². The number of carbonyl (C=O) groups is 2. The summed E-state index contributed by atoms with van der Waals surface area (Å²) in [5, 5.41) is 27.1. The maximum Gasteiger partial charge on any atom is 0.416 e. The predicted octanol–water partition coefficient (Wildman–Crippen LogP) is 4.28. The molecule has 0 saturated carbocycles. The van der Waals surface area contributed by atoms with Crippen molar-refractivity contribution in [1.29, 1.82) is 0 Å². The van der Waals surface area contributed by atoms with E-state index in [4.69, 9.17) is 4.74 Å². The van der Waals surface area contributed by atoms with Gasteiger partial charge in [-0.2, -0.15) is 26.3 Å². The van der Waals surface area contributed by atoms with Crippen LogP contribution in [0, 0.1) is 5.92 Å². The summed E-state index contributed by atoms with van der Waals surface area (Å²) in [5.41, 5.74) is 1.80. The van der Waals surface area contributed by atoms with Crippen LogP contribution in [0.25, 0.3) is 5.69 Å². The largest absolute Gasteiger partial charge is 0.490 e. The lowest BCUT2D eigenvalue weighted by Gasteiger charge is -2.41. The molecule has 6 rings (SSSR count). The first-order valence-corrected chi connectivity index (χ1v) is 18.1. The minimum Gasteiger partial charge on any atom is -0.490 e. The number of piperazine rings is 1. The zero-order valence-corrected chi connectivity index (χ0v) is 30.1. The summed E-state index contributed by atoms with van der Waals surface area (Å²) in [4.78, 5) is 34.8. The lowest BCUT2D eigenvalue weighted by atomic mass is 9.91. The molecule has 5 atom stereocenters. The van der Waals surface area contributed by atoms with Gasteiger partial charge in [-0.1, -0.05) is 24.3 Å². The number of hydrogen-bond acceptors (Lipinski definition) is 8. The van der Waals surface area contributed by atoms with E-state index in [0.29, 0.717) is 30.1 Å². The summed E-state index contributed by atoms with van der Waals surface area (Å²) in [5.74, 6) is -1.61. The van der Waals surface area contributed by atoms with Gasteiger partial charge < -0.3 is 30.2 Å². The molecular weight excluding hydrogens is 746 g/mol. The predicted molar refractivity (Wildman–Crippen MR) is 191 cm³/mol. The van der Waals surface area contributed by atoms with Gasteiger partial charge in [-0.3, -0.25) is 24.4 Å². The Balaban J connectivity index is 1.14. The number of pyridine rings is 1. The topological polar surface area (TPSA) is 132 Å². The third-order valence-corrected chi connectivity index (χ3v) is 9.92. The average molecular weight is 789 g/mol. The maximum absolute atomic E-state index is 13.9. The molecule has 0 aliphatic carbocycles. The minimum atomic E-state index is -4.65. The number of halogens is 6. The number of fused-ring (bicyclic) bond motifs is 1.